The highest BCUT2D eigenvalue weighted by molar-refractivity contribution is 5.29. The summed E-state index contributed by atoms with van der Waals surface area (Å²) >= 11 is 0. The van der Waals surface area contributed by atoms with E-state index in [9.17, 15) is 18.3 Å². The number of halogens is 3. The van der Waals surface area contributed by atoms with Crippen LogP contribution < -0.4 is 10.1 Å². The third-order valence-corrected chi connectivity index (χ3v) is 3.28. The van der Waals surface area contributed by atoms with Crippen LogP contribution in [-0.2, 0) is 6.54 Å². The molecule has 1 unspecified atom stereocenters. The normalized spacial score (nSPS) is 12.2. The van der Waals surface area contributed by atoms with Crippen LogP contribution in [0.1, 0.15) is 17.2 Å². The summed E-state index contributed by atoms with van der Waals surface area (Å²) in [5.74, 6) is -3.40. The van der Waals surface area contributed by atoms with Crippen LogP contribution in [0.4, 0.5) is 13.2 Å². The maximum atomic E-state index is 13.3. The van der Waals surface area contributed by atoms with Crippen LogP contribution in [0.3, 0.4) is 0 Å². The van der Waals surface area contributed by atoms with Gasteiger partial charge in [0.25, 0.3) is 0 Å². The van der Waals surface area contributed by atoms with Crippen LogP contribution in [0.25, 0.3) is 0 Å². The zero-order chi connectivity index (χ0) is 16.1. The predicted octanol–water partition coefficient (Wildman–Crippen LogP) is 2.94. The SMILES string of the molecule is COc1cccc(CNC(CO)c2cc(F)c(F)c(F)c2)c1. The first kappa shape index (κ1) is 16.3. The molecule has 0 aliphatic heterocycles. The smallest absolute Gasteiger partial charge is 0.194 e. The maximum absolute atomic E-state index is 13.3. The Morgan fingerprint density at radius 3 is 2.41 bits per heavy atom. The van der Waals surface area contributed by atoms with Gasteiger partial charge in [-0.1, -0.05) is 12.1 Å². The van der Waals surface area contributed by atoms with Gasteiger partial charge in [-0.15, -0.1) is 0 Å². The minimum Gasteiger partial charge on any atom is -0.497 e. The molecule has 2 rings (SSSR count). The topological polar surface area (TPSA) is 41.5 Å². The molecule has 0 aromatic heterocycles. The quantitative estimate of drug-likeness (QED) is 0.806. The molecule has 0 saturated carbocycles. The van der Waals surface area contributed by atoms with E-state index in [-0.39, 0.29) is 12.2 Å². The summed E-state index contributed by atoms with van der Waals surface area (Å²) in [6, 6.07) is 8.27. The summed E-state index contributed by atoms with van der Waals surface area (Å²) in [6.07, 6.45) is 0. The standard InChI is InChI=1S/C16H16F3NO2/c1-22-12-4-2-3-10(5-12)8-20-15(9-21)11-6-13(17)16(19)14(18)7-11/h2-7,15,20-21H,8-9H2,1H3. The van der Waals surface area contributed by atoms with Gasteiger partial charge in [0.05, 0.1) is 19.8 Å². The van der Waals surface area contributed by atoms with Gasteiger partial charge in [0.1, 0.15) is 5.75 Å². The second kappa shape index (κ2) is 7.29. The largest absolute Gasteiger partial charge is 0.497 e. The van der Waals surface area contributed by atoms with Crippen LogP contribution in [0.15, 0.2) is 36.4 Å². The molecule has 0 heterocycles. The predicted molar refractivity (Wildman–Crippen MR) is 76.0 cm³/mol. The van der Waals surface area contributed by atoms with Gasteiger partial charge in [0.2, 0.25) is 0 Å². The van der Waals surface area contributed by atoms with Gasteiger partial charge in [0, 0.05) is 6.54 Å². The summed E-state index contributed by atoms with van der Waals surface area (Å²) < 4.78 is 44.6. The minimum atomic E-state index is -1.52. The fourth-order valence-corrected chi connectivity index (χ4v) is 2.09. The lowest BCUT2D eigenvalue weighted by Crippen LogP contribution is -2.24. The molecule has 0 spiro atoms. The second-order valence-electron chi connectivity index (χ2n) is 4.77. The summed E-state index contributed by atoms with van der Waals surface area (Å²) in [7, 11) is 1.55. The molecule has 2 aromatic rings. The Morgan fingerprint density at radius 1 is 1.14 bits per heavy atom. The first-order chi connectivity index (χ1) is 10.5. The Morgan fingerprint density at radius 2 is 1.82 bits per heavy atom. The molecule has 0 radical (unpaired) electrons. The number of rotatable bonds is 6. The third kappa shape index (κ3) is 3.78. The van der Waals surface area contributed by atoms with Crippen LogP contribution in [0.2, 0.25) is 0 Å². The van der Waals surface area contributed by atoms with Crippen LogP contribution in [0.5, 0.6) is 5.75 Å². The van der Waals surface area contributed by atoms with E-state index in [1.807, 2.05) is 6.07 Å². The number of aliphatic hydroxyl groups excluding tert-OH is 1. The highest BCUT2D eigenvalue weighted by atomic mass is 19.2. The molecule has 6 heteroatoms. The van der Waals surface area contributed by atoms with Crippen molar-refractivity contribution in [1.29, 1.82) is 0 Å². The van der Waals surface area contributed by atoms with Crippen molar-refractivity contribution < 1.29 is 23.0 Å². The minimum absolute atomic E-state index is 0.141. The lowest BCUT2D eigenvalue weighted by atomic mass is 10.1. The summed E-state index contributed by atoms with van der Waals surface area (Å²) in [6.45, 7) is -0.0302. The Balaban J connectivity index is 2.12. The molecule has 0 bridgehead atoms. The molecule has 0 saturated heterocycles. The molecule has 2 N–H and O–H groups in total. The first-order valence-corrected chi connectivity index (χ1v) is 6.66. The lowest BCUT2D eigenvalue weighted by Gasteiger charge is -2.17. The number of methoxy groups -OCH3 is 1. The number of aliphatic hydroxyl groups is 1. The molecule has 118 valence electrons. The zero-order valence-electron chi connectivity index (χ0n) is 11.9. The van der Waals surface area contributed by atoms with E-state index in [0.29, 0.717) is 12.3 Å². The van der Waals surface area contributed by atoms with E-state index in [4.69, 9.17) is 4.74 Å². The maximum Gasteiger partial charge on any atom is 0.194 e. The molecule has 0 aliphatic carbocycles. The first-order valence-electron chi connectivity index (χ1n) is 6.66. The van der Waals surface area contributed by atoms with E-state index in [2.05, 4.69) is 5.32 Å². The third-order valence-electron chi connectivity index (χ3n) is 3.28. The monoisotopic (exact) mass is 311 g/mol. The summed E-state index contributed by atoms with van der Waals surface area (Å²) in [5.41, 5.74) is 1.02. The average Bonchev–Trinajstić information content (AvgIpc) is 2.53. The molecular weight excluding hydrogens is 295 g/mol. The van der Waals surface area contributed by atoms with Gasteiger partial charge in [-0.3, -0.25) is 0 Å². The molecule has 22 heavy (non-hydrogen) atoms. The van der Waals surface area contributed by atoms with Gasteiger partial charge in [0.15, 0.2) is 17.5 Å². The molecular formula is C16H16F3NO2. The summed E-state index contributed by atoms with van der Waals surface area (Å²) in [5, 5.41) is 12.3. The van der Waals surface area contributed by atoms with Gasteiger partial charge in [-0.25, -0.2) is 13.2 Å². The van der Waals surface area contributed by atoms with E-state index in [1.54, 1.807) is 25.3 Å². The van der Waals surface area contributed by atoms with Crippen molar-refractivity contribution in [2.24, 2.45) is 0 Å². The Hall–Kier alpha value is -2.05. The fourth-order valence-electron chi connectivity index (χ4n) is 2.09. The summed E-state index contributed by atoms with van der Waals surface area (Å²) in [4.78, 5) is 0. The van der Waals surface area contributed by atoms with E-state index in [1.165, 1.54) is 0 Å². The highest BCUT2D eigenvalue weighted by Gasteiger charge is 2.16. The number of hydrogen-bond acceptors (Lipinski definition) is 3. The van der Waals surface area contributed by atoms with E-state index >= 15 is 0 Å². The average molecular weight is 311 g/mol. The molecule has 1 atom stereocenters. The molecule has 0 amide bonds. The number of nitrogens with one attached hydrogen (secondary N) is 1. The molecule has 0 aliphatic rings. The number of benzene rings is 2. The van der Waals surface area contributed by atoms with Gasteiger partial charge in [-0.05, 0) is 35.4 Å². The van der Waals surface area contributed by atoms with Crippen molar-refractivity contribution in [1.82, 2.24) is 5.32 Å². The van der Waals surface area contributed by atoms with E-state index in [0.717, 1.165) is 17.7 Å². The van der Waals surface area contributed by atoms with Crippen LogP contribution in [-0.4, -0.2) is 18.8 Å². The highest BCUT2D eigenvalue weighted by Crippen LogP contribution is 2.20. The van der Waals surface area contributed by atoms with Crippen molar-refractivity contribution in [3.8, 4) is 5.75 Å². The number of hydrogen-bond donors (Lipinski definition) is 2. The van der Waals surface area contributed by atoms with Crippen molar-refractivity contribution >= 4 is 0 Å². The number of ether oxygens (including phenoxy) is 1. The lowest BCUT2D eigenvalue weighted by molar-refractivity contribution is 0.242. The Bertz CT molecular complexity index is 626. The van der Waals surface area contributed by atoms with Gasteiger partial charge < -0.3 is 15.2 Å². The van der Waals surface area contributed by atoms with E-state index < -0.39 is 23.5 Å². The van der Waals surface area contributed by atoms with Crippen LogP contribution >= 0.6 is 0 Å². The van der Waals surface area contributed by atoms with Gasteiger partial charge >= 0.3 is 0 Å². The van der Waals surface area contributed by atoms with Crippen molar-refractivity contribution in [3.63, 3.8) is 0 Å². The van der Waals surface area contributed by atoms with Crippen LogP contribution in [0, 0.1) is 17.5 Å². The molecule has 3 nitrogen and oxygen atoms in total. The van der Waals surface area contributed by atoms with Crippen molar-refractivity contribution in [3.05, 3.63) is 65.0 Å². The molecule has 2 aromatic carbocycles. The molecule has 0 fully saturated rings. The zero-order valence-corrected chi connectivity index (χ0v) is 11.9. The van der Waals surface area contributed by atoms with Gasteiger partial charge in [-0.2, -0.15) is 0 Å². The fraction of sp³-hybridized carbons (Fsp3) is 0.250. The Labute approximate surface area is 126 Å². The Kier molecular flexibility index (Phi) is 5.41. The second-order valence-corrected chi connectivity index (χ2v) is 4.77. The van der Waals surface area contributed by atoms with Crippen molar-refractivity contribution in [2.45, 2.75) is 12.6 Å². The van der Waals surface area contributed by atoms with Crippen molar-refractivity contribution in [2.75, 3.05) is 13.7 Å².